The van der Waals surface area contributed by atoms with Gasteiger partial charge in [0.25, 0.3) is 10.2 Å². The van der Waals surface area contributed by atoms with Crippen LogP contribution in [0.4, 0.5) is 0 Å². The highest BCUT2D eigenvalue weighted by molar-refractivity contribution is 7.86. The summed E-state index contributed by atoms with van der Waals surface area (Å²) in [5.41, 5.74) is 5.30. The second kappa shape index (κ2) is 6.50. The third-order valence-corrected chi connectivity index (χ3v) is 6.81. The summed E-state index contributed by atoms with van der Waals surface area (Å²) in [6, 6.07) is 0. The second-order valence-corrected chi connectivity index (χ2v) is 8.19. The Bertz CT molecular complexity index is 476. The van der Waals surface area contributed by atoms with Crippen molar-refractivity contribution in [3.05, 3.63) is 0 Å². The maximum atomic E-state index is 12.7. The maximum Gasteiger partial charge on any atom is 0.281 e. The van der Waals surface area contributed by atoms with E-state index in [9.17, 15) is 8.42 Å². The molecule has 3 N–H and O–H groups in total. The molecule has 8 heteroatoms. The van der Waals surface area contributed by atoms with E-state index in [1.54, 1.807) is 8.61 Å². The number of oxime groups is 1. The molecule has 0 unspecified atom stereocenters. The van der Waals surface area contributed by atoms with Crippen molar-refractivity contribution in [2.45, 2.75) is 45.4 Å². The molecule has 2 aliphatic heterocycles. The van der Waals surface area contributed by atoms with Crippen molar-refractivity contribution in [3.63, 3.8) is 0 Å². The fourth-order valence-corrected chi connectivity index (χ4v) is 4.71. The van der Waals surface area contributed by atoms with Crippen molar-refractivity contribution in [1.29, 1.82) is 0 Å². The van der Waals surface area contributed by atoms with Gasteiger partial charge in [-0.05, 0) is 25.7 Å². The van der Waals surface area contributed by atoms with Crippen LogP contribution in [0.25, 0.3) is 0 Å². The molecule has 0 saturated carbocycles. The molecule has 0 aliphatic carbocycles. The summed E-state index contributed by atoms with van der Waals surface area (Å²) < 4.78 is 28.5. The molecule has 122 valence electrons. The molecule has 2 fully saturated rings. The molecule has 2 saturated heterocycles. The number of piperidine rings is 1. The molecule has 7 nitrogen and oxygen atoms in total. The van der Waals surface area contributed by atoms with Crippen LogP contribution in [0.2, 0.25) is 0 Å². The predicted octanol–water partition coefficient (Wildman–Crippen LogP) is 0.956. The SMILES string of the molecule is CC1(C(N)=NO)CCN(S(=O)(=O)N2CCCCCC2)CC1. The van der Waals surface area contributed by atoms with Gasteiger partial charge in [0.15, 0.2) is 0 Å². The number of amidine groups is 1. The molecule has 21 heavy (non-hydrogen) atoms. The van der Waals surface area contributed by atoms with Gasteiger partial charge in [-0.25, -0.2) is 0 Å². The maximum absolute atomic E-state index is 12.7. The van der Waals surface area contributed by atoms with E-state index in [1.807, 2.05) is 6.92 Å². The van der Waals surface area contributed by atoms with E-state index in [4.69, 9.17) is 10.9 Å². The van der Waals surface area contributed by atoms with Gasteiger partial charge in [-0.3, -0.25) is 0 Å². The van der Waals surface area contributed by atoms with E-state index >= 15 is 0 Å². The average Bonchev–Trinajstić information content (AvgIpc) is 2.76. The highest BCUT2D eigenvalue weighted by atomic mass is 32.2. The largest absolute Gasteiger partial charge is 0.409 e. The van der Waals surface area contributed by atoms with E-state index in [0.717, 1.165) is 25.7 Å². The summed E-state index contributed by atoms with van der Waals surface area (Å²) in [7, 11) is -3.37. The molecule has 0 aromatic rings. The number of nitrogens with two attached hydrogens (primary N) is 1. The first-order chi connectivity index (χ1) is 9.90. The van der Waals surface area contributed by atoms with Gasteiger partial charge in [0.2, 0.25) is 0 Å². The standard InChI is InChI=1S/C13H26N4O3S/c1-13(12(14)15-18)6-10-17(11-7-13)21(19,20)16-8-4-2-3-5-9-16/h18H,2-11H2,1H3,(H2,14,15). The zero-order valence-corrected chi connectivity index (χ0v) is 13.5. The number of rotatable bonds is 3. The van der Waals surface area contributed by atoms with Gasteiger partial charge >= 0.3 is 0 Å². The van der Waals surface area contributed by atoms with E-state index in [2.05, 4.69) is 5.16 Å². The highest BCUT2D eigenvalue weighted by Gasteiger charge is 2.39. The smallest absolute Gasteiger partial charge is 0.281 e. The summed E-state index contributed by atoms with van der Waals surface area (Å²) in [5, 5.41) is 11.9. The Labute approximate surface area is 127 Å². The summed E-state index contributed by atoms with van der Waals surface area (Å²) in [6.45, 7) is 4.00. The minimum atomic E-state index is -3.37. The lowest BCUT2D eigenvalue weighted by Gasteiger charge is -2.39. The van der Waals surface area contributed by atoms with Crippen LogP contribution in [0, 0.1) is 5.41 Å². The fourth-order valence-electron chi connectivity index (χ4n) is 3.02. The van der Waals surface area contributed by atoms with Crippen molar-refractivity contribution in [2.24, 2.45) is 16.3 Å². The Morgan fingerprint density at radius 2 is 1.52 bits per heavy atom. The molecule has 0 aromatic heterocycles. The predicted molar refractivity (Wildman–Crippen MR) is 81.3 cm³/mol. The van der Waals surface area contributed by atoms with Crippen molar-refractivity contribution < 1.29 is 13.6 Å². The van der Waals surface area contributed by atoms with Crippen molar-refractivity contribution in [3.8, 4) is 0 Å². The Hall–Kier alpha value is -0.860. The molecule has 0 bridgehead atoms. The molecule has 0 spiro atoms. The number of hydrogen-bond acceptors (Lipinski definition) is 4. The molecule has 2 heterocycles. The van der Waals surface area contributed by atoms with Crippen LogP contribution in [0.15, 0.2) is 5.16 Å². The zero-order chi connectivity index (χ0) is 15.5. The highest BCUT2D eigenvalue weighted by Crippen LogP contribution is 2.33. The molecule has 0 radical (unpaired) electrons. The van der Waals surface area contributed by atoms with Crippen LogP contribution in [0.5, 0.6) is 0 Å². The Kier molecular flexibility index (Phi) is 5.11. The fraction of sp³-hybridized carbons (Fsp3) is 0.923. The molecule has 0 amide bonds. The first-order valence-corrected chi connectivity index (χ1v) is 9.03. The third kappa shape index (κ3) is 3.49. The van der Waals surface area contributed by atoms with Gasteiger partial charge in [-0.15, -0.1) is 0 Å². The first kappa shape index (κ1) is 16.5. The quantitative estimate of drug-likeness (QED) is 0.350. The molecule has 0 atom stereocenters. The molecule has 2 rings (SSSR count). The van der Waals surface area contributed by atoms with Crippen LogP contribution >= 0.6 is 0 Å². The van der Waals surface area contributed by atoms with Crippen molar-refractivity contribution in [1.82, 2.24) is 8.61 Å². The average molecular weight is 318 g/mol. The molecular weight excluding hydrogens is 292 g/mol. The lowest BCUT2D eigenvalue weighted by atomic mass is 9.80. The van der Waals surface area contributed by atoms with Crippen molar-refractivity contribution >= 4 is 16.0 Å². The Balaban J connectivity index is 2.03. The topological polar surface area (TPSA) is 99.2 Å². The normalized spacial score (nSPS) is 26.4. The Morgan fingerprint density at radius 3 is 2.00 bits per heavy atom. The summed E-state index contributed by atoms with van der Waals surface area (Å²) in [6.07, 6.45) is 5.25. The molecular formula is C13H26N4O3S. The number of nitrogens with zero attached hydrogens (tertiary/aromatic N) is 3. The summed E-state index contributed by atoms with van der Waals surface area (Å²) in [4.78, 5) is 0. The van der Waals surface area contributed by atoms with Crippen LogP contribution in [0.1, 0.15) is 45.4 Å². The van der Waals surface area contributed by atoms with Crippen LogP contribution in [-0.2, 0) is 10.2 Å². The van der Waals surface area contributed by atoms with E-state index in [-0.39, 0.29) is 5.84 Å². The van der Waals surface area contributed by atoms with E-state index < -0.39 is 15.6 Å². The van der Waals surface area contributed by atoms with Crippen LogP contribution in [-0.4, -0.2) is 54.3 Å². The van der Waals surface area contributed by atoms with Gasteiger partial charge in [0.05, 0.1) is 0 Å². The first-order valence-electron chi connectivity index (χ1n) is 7.63. The third-order valence-electron chi connectivity index (χ3n) is 4.77. The Morgan fingerprint density at radius 1 is 1.05 bits per heavy atom. The zero-order valence-electron chi connectivity index (χ0n) is 12.7. The van der Waals surface area contributed by atoms with Crippen LogP contribution in [0.3, 0.4) is 0 Å². The second-order valence-electron chi connectivity index (χ2n) is 6.27. The monoisotopic (exact) mass is 318 g/mol. The minimum Gasteiger partial charge on any atom is -0.409 e. The molecule has 0 aromatic carbocycles. The van der Waals surface area contributed by atoms with Gasteiger partial charge in [0.1, 0.15) is 5.84 Å². The lowest BCUT2D eigenvalue weighted by Crippen LogP contribution is -2.51. The van der Waals surface area contributed by atoms with Crippen LogP contribution < -0.4 is 5.73 Å². The summed E-state index contributed by atoms with van der Waals surface area (Å²) in [5.74, 6) is 0.189. The van der Waals surface area contributed by atoms with Gasteiger partial charge < -0.3 is 10.9 Å². The lowest BCUT2D eigenvalue weighted by molar-refractivity contribution is 0.218. The van der Waals surface area contributed by atoms with Gasteiger partial charge in [-0.1, -0.05) is 24.9 Å². The van der Waals surface area contributed by atoms with E-state index in [1.165, 1.54) is 0 Å². The van der Waals surface area contributed by atoms with Crippen molar-refractivity contribution in [2.75, 3.05) is 26.2 Å². The summed E-state index contributed by atoms with van der Waals surface area (Å²) >= 11 is 0. The molecule has 2 aliphatic rings. The number of hydrogen-bond donors (Lipinski definition) is 2. The van der Waals surface area contributed by atoms with E-state index in [0.29, 0.717) is 39.0 Å². The van der Waals surface area contributed by atoms with Gasteiger partial charge in [0, 0.05) is 31.6 Å². The minimum absolute atomic E-state index is 0.189. The van der Waals surface area contributed by atoms with Gasteiger partial charge in [-0.2, -0.15) is 17.0 Å².